The second-order valence-corrected chi connectivity index (χ2v) is 12.6. The molecule has 1 aliphatic rings. The van der Waals surface area contributed by atoms with Crippen molar-refractivity contribution >= 4 is 27.6 Å². The molecule has 0 radical (unpaired) electrons. The fourth-order valence-electron chi connectivity index (χ4n) is 4.67. The number of imidazole rings is 1. The zero-order chi connectivity index (χ0) is 31.2. The van der Waals surface area contributed by atoms with Gasteiger partial charge in [-0.05, 0) is 36.2 Å². The maximum Gasteiger partial charge on any atom is 0.405 e. The topological polar surface area (TPSA) is 115 Å². The van der Waals surface area contributed by atoms with Crippen molar-refractivity contribution in [3.05, 3.63) is 54.4 Å². The molecule has 16 heteroatoms. The van der Waals surface area contributed by atoms with Gasteiger partial charge in [-0.15, -0.1) is 0 Å². The Labute approximate surface area is 249 Å². The zero-order valence-electron chi connectivity index (χ0n) is 24.3. The smallest absolute Gasteiger partial charge is 0.329 e. The zero-order valence-corrected chi connectivity index (χ0v) is 25.2. The average Bonchev–Trinajstić information content (AvgIpc) is 3.37. The number of benzene rings is 1. The molecule has 0 unspecified atom stereocenters. The molecule has 0 aliphatic carbocycles. The number of hydrogen-bond donors (Lipinski definition) is 2. The van der Waals surface area contributed by atoms with Crippen molar-refractivity contribution in [1.29, 1.82) is 0 Å². The van der Waals surface area contributed by atoms with Crippen LogP contribution in [0.2, 0.25) is 0 Å². The van der Waals surface area contributed by atoms with Crippen LogP contribution in [0, 0.1) is 0 Å². The number of rotatable bonds is 12. The van der Waals surface area contributed by atoms with Gasteiger partial charge in [0.05, 0.1) is 18.5 Å². The van der Waals surface area contributed by atoms with E-state index in [4.69, 9.17) is 4.84 Å². The van der Waals surface area contributed by atoms with Gasteiger partial charge >= 0.3 is 12.2 Å². The lowest BCUT2D eigenvalue weighted by Gasteiger charge is -2.35. The molecular formula is C27H37F3N8O4S. The molecule has 4 rings (SSSR count). The summed E-state index contributed by atoms with van der Waals surface area (Å²) in [5.74, 6) is 0. The van der Waals surface area contributed by atoms with Crippen LogP contribution in [0.25, 0.3) is 16.9 Å². The van der Waals surface area contributed by atoms with Crippen LogP contribution in [0.4, 0.5) is 23.7 Å². The number of nitrogens with one attached hydrogen (secondary N) is 2. The van der Waals surface area contributed by atoms with Crippen LogP contribution in [0.3, 0.4) is 0 Å². The van der Waals surface area contributed by atoms with Crippen molar-refractivity contribution in [1.82, 2.24) is 33.3 Å². The number of urea groups is 1. The molecular weight excluding hydrogens is 589 g/mol. The van der Waals surface area contributed by atoms with Gasteiger partial charge in [0.1, 0.15) is 12.2 Å². The molecule has 1 saturated heterocycles. The van der Waals surface area contributed by atoms with Gasteiger partial charge in [-0.2, -0.15) is 35.3 Å². The third-order valence-electron chi connectivity index (χ3n) is 6.90. The van der Waals surface area contributed by atoms with E-state index in [1.54, 1.807) is 48.9 Å². The van der Waals surface area contributed by atoms with Crippen molar-refractivity contribution in [3.63, 3.8) is 0 Å². The van der Waals surface area contributed by atoms with Gasteiger partial charge in [0.25, 0.3) is 10.2 Å². The van der Waals surface area contributed by atoms with E-state index in [-0.39, 0.29) is 0 Å². The van der Waals surface area contributed by atoms with Crippen LogP contribution >= 0.6 is 0 Å². The molecule has 0 atom stereocenters. The first-order chi connectivity index (χ1) is 20.3. The average molecular weight is 627 g/mol. The number of nitrogens with zero attached hydrogens (tertiary/aromatic N) is 6. The van der Waals surface area contributed by atoms with Crippen molar-refractivity contribution < 1.29 is 31.2 Å². The first kappa shape index (κ1) is 32.6. The molecule has 236 valence electrons. The Morgan fingerprint density at radius 3 is 2.53 bits per heavy atom. The lowest BCUT2D eigenvalue weighted by atomic mass is 10.1. The summed E-state index contributed by atoms with van der Waals surface area (Å²) in [6, 6.07) is 9.72. The number of anilines is 1. The summed E-state index contributed by atoms with van der Waals surface area (Å²) in [5.41, 5.74) is 3.53. The molecule has 2 amide bonds. The van der Waals surface area contributed by atoms with Crippen molar-refractivity contribution in [3.8, 4) is 11.3 Å². The monoisotopic (exact) mass is 626 g/mol. The Kier molecular flexibility index (Phi) is 10.6. The highest BCUT2D eigenvalue weighted by Gasteiger charge is 2.29. The quantitative estimate of drug-likeness (QED) is 0.235. The molecule has 1 fully saturated rings. The summed E-state index contributed by atoms with van der Waals surface area (Å²) < 4.78 is 66.2. The number of aromatic nitrogens is 2. The maximum atomic E-state index is 12.4. The van der Waals surface area contributed by atoms with Crippen LogP contribution in [0.1, 0.15) is 12.0 Å². The number of carbonyl (C=O) groups excluding carboxylic acids is 1. The maximum absolute atomic E-state index is 12.4. The van der Waals surface area contributed by atoms with E-state index in [2.05, 4.69) is 15.2 Å². The molecule has 0 saturated carbocycles. The van der Waals surface area contributed by atoms with Crippen LogP contribution in [-0.4, -0.2) is 116 Å². The number of hydrogen-bond acceptors (Lipinski definition) is 7. The fourth-order valence-corrected chi connectivity index (χ4v) is 5.76. The van der Waals surface area contributed by atoms with Crippen LogP contribution in [-0.2, 0) is 21.6 Å². The minimum atomic E-state index is -4.49. The number of amides is 2. The Bertz CT molecular complexity index is 1490. The molecule has 3 aromatic rings. The minimum absolute atomic E-state index is 0.349. The van der Waals surface area contributed by atoms with E-state index in [0.29, 0.717) is 50.7 Å². The molecule has 0 spiro atoms. The summed E-state index contributed by atoms with van der Waals surface area (Å²) in [7, 11) is 1.57. The van der Waals surface area contributed by atoms with Crippen molar-refractivity contribution in [2.75, 3.05) is 72.3 Å². The largest absolute Gasteiger partial charge is 0.405 e. The van der Waals surface area contributed by atoms with Gasteiger partial charge < -0.3 is 15.5 Å². The number of piperazine rings is 1. The molecule has 43 heavy (non-hydrogen) atoms. The number of fused-ring (bicyclic) bond motifs is 1. The first-order valence-corrected chi connectivity index (χ1v) is 15.1. The third kappa shape index (κ3) is 9.11. The van der Waals surface area contributed by atoms with E-state index >= 15 is 0 Å². The molecule has 1 aliphatic heterocycles. The van der Waals surface area contributed by atoms with E-state index in [1.807, 2.05) is 35.8 Å². The van der Waals surface area contributed by atoms with E-state index in [1.165, 1.54) is 8.61 Å². The normalized spacial score (nSPS) is 15.4. The number of pyridine rings is 1. The summed E-state index contributed by atoms with van der Waals surface area (Å²) >= 11 is 0. The van der Waals surface area contributed by atoms with Crippen LogP contribution in [0.5, 0.6) is 0 Å². The van der Waals surface area contributed by atoms with Gasteiger partial charge in [0.15, 0.2) is 0 Å². The third-order valence-corrected chi connectivity index (χ3v) is 8.84. The number of carbonyl (C=O) groups is 1. The SMILES string of the molecule is CN(Cc1ccn2c(-c3cccc(NC(=O)NCC(F)(F)F)c3)cnc2c1)OCCCN1CCN(S(=O)(=O)N(C)C)CC1. The molecule has 2 N–H and O–H groups in total. The number of alkyl halides is 3. The van der Waals surface area contributed by atoms with Gasteiger partial charge in [-0.25, -0.2) is 9.78 Å². The summed E-state index contributed by atoms with van der Waals surface area (Å²) in [6.07, 6.45) is -0.107. The Morgan fingerprint density at radius 1 is 1.09 bits per heavy atom. The van der Waals surface area contributed by atoms with E-state index in [9.17, 15) is 26.4 Å². The molecule has 0 bridgehead atoms. The lowest BCUT2D eigenvalue weighted by molar-refractivity contribution is -0.148. The highest BCUT2D eigenvalue weighted by atomic mass is 32.2. The predicted molar refractivity (Wildman–Crippen MR) is 156 cm³/mol. The molecule has 2 aromatic heterocycles. The summed E-state index contributed by atoms with van der Waals surface area (Å²) in [5, 5.41) is 5.97. The molecule has 1 aromatic carbocycles. The Morgan fingerprint density at radius 2 is 1.84 bits per heavy atom. The Balaban J connectivity index is 1.24. The highest BCUT2D eigenvalue weighted by molar-refractivity contribution is 7.86. The predicted octanol–water partition coefficient (Wildman–Crippen LogP) is 2.86. The second kappa shape index (κ2) is 14.0. The van der Waals surface area contributed by atoms with Gasteiger partial charge in [-0.3, -0.25) is 9.24 Å². The Hall–Kier alpha value is -3.28. The van der Waals surface area contributed by atoms with Crippen LogP contribution < -0.4 is 10.6 Å². The summed E-state index contributed by atoms with van der Waals surface area (Å²) in [6.45, 7) is 2.79. The molecule has 12 nitrogen and oxygen atoms in total. The van der Waals surface area contributed by atoms with Crippen molar-refractivity contribution in [2.24, 2.45) is 0 Å². The van der Waals surface area contributed by atoms with Gasteiger partial charge in [0.2, 0.25) is 0 Å². The van der Waals surface area contributed by atoms with Gasteiger partial charge in [-0.1, -0.05) is 12.1 Å². The fraction of sp³-hybridized carbons (Fsp3) is 0.481. The van der Waals surface area contributed by atoms with E-state index < -0.39 is 29.0 Å². The first-order valence-electron chi connectivity index (χ1n) is 13.7. The standard InChI is InChI=1S/C27H37F3N8O4S/c1-34(2)43(40,41)37-13-11-36(12-14-37)9-5-15-42-35(3)19-21-8-10-38-24(18-31-25(38)16-21)22-6-4-7-23(17-22)33-26(39)32-20-27(28,29)30/h4,6-8,10,16-18H,5,9,11-15,19-20H2,1-3H3,(H2,32,33,39). The lowest BCUT2D eigenvalue weighted by Crippen LogP contribution is -2.51. The van der Waals surface area contributed by atoms with Crippen molar-refractivity contribution in [2.45, 2.75) is 19.1 Å². The highest BCUT2D eigenvalue weighted by Crippen LogP contribution is 2.24. The summed E-state index contributed by atoms with van der Waals surface area (Å²) in [4.78, 5) is 24.4. The second-order valence-electron chi connectivity index (χ2n) is 10.4. The number of hydroxylamine groups is 2. The van der Waals surface area contributed by atoms with Gasteiger partial charge in [0, 0.05) is 77.9 Å². The molecule has 3 heterocycles. The van der Waals surface area contributed by atoms with E-state index in [0.717, 1.165) is 29.8 Å². The van der Waals surface area contributed by atoms with Crippen LogP contribution in [0.15, 0.2) is 48.8 Å². The minimum Gasteiger partial charge on any atom is -0.329 e. The number of halogens is 3.